The summed E-state index contributed by atoms with van der Waals surface area (Å²) >= 11 is 4.90. The van der Waals surface area contributed by atoms with Gasteiger partial charge < -0.3 is 9.64 Å². The van der Waals surface area contributed by atoms with Crippen molar-refractivity contribution >= 4 is 55.7 Å². The van der Waals surface area contributed by atoms with Crippen molar-refractivity contribution in [2.75, 3.05) is 26.3 Å². The Kier molecular flexibility index (Phi) is 8.14. The van der Waals surface area contributed by atoms with Gasteiger partial charge in [0.15, 0.2) is 11.0 Å². The van der Waals surface area contributed by atoms with E-state index in [1.165, 1.54) is 11.8 Å². The third kappa shape index (κ3) is 6.18. The third-order valence-electron chi connectivity index (χ3n) is 6.18. The fraction of sp³-hybridized carbons (Fsp3) is 0.167. The number of thioether (sulfide) groups is 1. The molecule has 5 rings (SSSR count). The number of hydrogen-bond donors (Lipinski definition) is 0. The van der Waals surface area contributed by atoms with E-state index >= 15 is 0 Å². The molecular weight excluding hydrogens is 548 g/mol. The zero-order valence-electron chi connectivity index (χ0n) is 20.1. The third-order valence-corrected chi connectivity index (χ3v) is 7.84. The van der Waals surface area contributed by atoms with E-state index in [1.54, 1.807) is 0 Å². The van der Waals surface area contributed by atoms with Crippen molar-refractivity contribution in [2.24, 2.45) is 4.99 Å². The van der Waals surface area contributed by atoms with Gasteiger partial charge in [0.25, 0.3) is 5.91 Å². The lowest BCUT2D eigenvalue weighted by atomic mass is 9.93. The van der Waals surface area contributed by atoms with Gasteiger partial charge >= 0.3 is 0 Å². The van der Waals surface area contributed by atoms with Crippen LogP contribution in [0.1, 0.15) is 27.9 Å². The van der Waals surface area contributed by atoms with Crippen molar-refractivity contribution in [2.45, 2.75) is 6.42 Å². The number of carbonyl (C=O) groups excluding carboxylic acids is 2. The Balaban J connectivity index is 1.59. The van der Waals surface area contributed by atoms with Crippen LogP contribution in [-0.2, 0) is 9.53 Å². The fourth-order valence-corrected chi connectivity index (χ4v) is 5.53. The maximum absolute atomic E-state index is 13.3. The Morgan fingerprint density at radius 1 is 0.892 bits per heavy atom. The molecule has 0 atom stereocenters. The zero-order chi connectivity index (χ0) is 25.6. The molecule has 7 heteroatoms. The molecule has 2 aliphatic heterocycles. The number of Topliss-reactive ketones (excluding diaryl/α,β-unsaturated/α-hetero) is 1. The first-order valence-electron chi connectivity index (χ1n) is 12.1. The Hall–Kier alpha value is -3.26. The SMILES string of the molecule is O=C1N=C(N2CCOCC2)SC1=C(C=C(CC(=O)c1ccccc1)c1ccc(Br)cc1)c1ccccc1. The van der Waals surface area contributed by atoms with Crippen LogP contribution in [0.15, 0.2) is 105 Å². The summed E-state index contributed by atoms with van der Waals surface area (Å²) in [6, 6.07) is 27.0. The summed E-state index contributed by atoms with van der Waals surface area (Å²) in [6.07, 6.45) is 2.18. The summed E-state index contributed by atoms with van der Waals surface area (Å²) in [4.78, 5) is 33.6. The first-order valence-corrected chi connectivity index (χ1v) is 13.7. The lowest BCUT2D eigenvalue weighted by molar-refractivity contribution is -0.113. The van der Waals surface area contributed by atoms with Crippen molar-refractivity contribution in [1.82, 2.24) is 4.90 Å². The standard InChI is InChI=1S/C30H25BrN2O3S/c31-25-13-11-21(12-14-25)24(20-27(34)23-9-5-2-6-10-23)19-26(22-7-3-1-4-8-22)28-29(35)32-30(37-28)33-15-17-36-18-16-33/h1-14,19H,15-18,20H2. The van der Waals surface area contributed by atoms with E-state index in [0.717, 1.165) is 26.7 Å². The number of aliphatic imine (C=N–C) groups is 1. The zero-order valence-corrected chi connectivity index (χ0v) is 22.5. The summed E-state index contributed by atoms with van der Waals surface area (Å²) in [6.45, 7) is 2.65. The molecule has 0 N–H and O–H groups in total. The predicted octanol–water partition coefficient (Wildman–Crippen LogP) is 6.48. The van der Waals surface area contributed by atoms with Crippen molar-refractivity contribution < 1.29 is 14.3 Å². The monoisotopic (exact) mass is 572 g/mol. The minimum atomic E-state index is -0.258. The molecule has 1 saturated heterocycles. The van der Waals surface area contributed by atoms with Crippen LogP contribution in [-0.4, -0.2) is 48.1 Å². The van der Waals surface area contributed by atoms with E-state index in [0.29, 0.717) is 41.9 Å². The van der Waals surface area contributed by atoms with Crippen molar-refractivity contribution in [3.8, 4) is 0 Å². The van der Waals surface area contributed by atoms with Crippen molar-refractivity contribution in [1.29, 1.82) is 0 Å². The molecule has 2 aliphatic rings. The molecule has 3 aromatic rings. The lowest BCUT2D eigenvalue weighted by Gasteiger charge is -2.27. The number of amidine groups is 1. The highest BCUT2D eigenvalue weighted by molar-refractivity contribution is 9.10. The van der Waals surface area contributed by atoms with Crippen LogP contribution in [0.4, 0.5) is 0 Å². The fourth-order valence-electron chi connectivity index (χ4n) is 4.23. The molecule has 0 spiro atoms. The average molecular weight is 574 g/mol. The number of carbonyl (C=O) groups is 2. The molecule has 1 amide bonds. The molecule has 5 nitrogen and oxygen atoms in total. The summed E-state index contributed by atoms with van der Waals surface area (Å²) in [5.41, 5.74) is 4.08. The summed E-state index contributed by atoms with van der Waals surface area (Å²) in [7, 11) is 0. The normalized spacial score (nSPS) is 17.5. The first kappa shape index (κ1) is 25.4. The average Bonchev–Trinajstić information content (AvgIpc) is 3.34. The molecule has 0 bridgehead atoms. The van der Waals surface area contributed by atoms with Gasteiger partial charge in [-0.05, 0) is 46.7 Å². The molecule has 3 aromatic carbocycles. The Bertz CT molecular complexity index is 1380. The second-order valence-corrected chi connectivity index (χ2v) is 10.5. The number of benzene rings is 3. The van der Waals surface area contributed by atoms with Gasteiger partial charge in [0.05, 0.1) is 18.1 Å². The van der Waals surface area contributed by atoms with E-state index < -0.39 is 0 Å². The first-order chi connectivity index (χ1) is 18.1. The Labute approximate surface area is 229 Å². The lowest BCUT2D eigenvalue weighted by Crippen LogP contribution is -2.38. The largest absolute Gasteiger partial charge is 0.378 e. The van der Waals surface area contributed by atoms with Gasteiger partial charge in [-0.25, -0.2) is 0 Å². The Morgan fingerprint density at radius 2 is 1.51 bits per heavy atom. The molecule has 37 heavy (non-hydrogen) atoms. The number of allylic oxidation sites excluding steroid dienone is 3. The van der Waals surface area contributed by atoms with Gasteiger partial charge in [-0.1, -0.05) is 88.7 Å². The number of hydrogen-bond acceptors (Lipinski definition) is 5. The van der Waals surface area contributed by atoms with Crippen molar-refractivity contribution in [3.05, 3.63) is 117 Å². The smallest absolute Gasteiger partial charge is 0.286 e. The molecule has 0 aliphatic carbocycles. The predicted molar refractivity (Wildman–Crippen MR) is 153 cm³/mol. The van der Waals surface area contributed by atoms with Crippen LogP contribution in [0.3, 0.4) is 0 Å². The van der Waals surface area contributed by atoms with Gasteiger partial charge in [0, 0.05) is 35.1 Å². The van der Waals surface area contributed by atoms with Gasteiger partial charge in [-0.3, -0.25) is 9.59 Å². The number of ether oxygens (including phenoxy) is 1. The second-order valence-electron chi connectivity index (χ2n) is 8.65. The number of amides is 1. The molecular formula is C30H25BrN2O3S. The number of ketones is 1. The van der Waals surface area contributed by atoms with Gasteiger partial charge in [-0.15, -0.1) is 0 Å². The highest BCUT2D eigenvalue weighted by Crippen LogP contribution is 2.38. The molecule has 186 valence electrons. The molecule has 0 aromatic heterocycles. The van der Waals surface area contributed by atoms with E-state index in [4.69, 9.17) is 4.74 Å². The number of morpholine rings is 1. The highest BCUT2D eigenvalue weighted by atomic mass is 79.9. The van der Waals surface area contributed by atoms with Crippen molar-refractivity contribution in [3.63, 3.8) is 0 Å². The minimum absolute atomic E-state index is 0.0165. The van der Waals surface area contributed by atoms with Crippen LogP contribution < -0.4 is 0 Å². The van der Waals surface area contributed by atoms with Crippen LogP contribution in [0, 0.1) is 0 Å². The Morgan fingerprint density at radius 3 is 2.16 bits per heavy atom. The summed E-state index contributed by atoms with van der Waals surface area (Å²) < 4.78 is 6.42. The van der Waals surface area contributed by atoms with Gasteiger partial charge in [-0.2, -0.15) is 4.99 Å². The van der Waals surface area contributed by atoms with Gasteiger partial charge in [0.1, 0.15) is 0 Å². The molecule has 1 fully saturated rings. The van der Waals surface area contributed by atoms with Crippen LogP contribution in [0.5, 0.6) is 0 Å². The van der Waals surface area contributed by atoms with E-state index in [9.17, 15) is 9.59 Å². The molecule has 2 heterocycles. The van der Waals surface area contributed by atoms with Gasteiger partial charge in [0.2, 0.25) is 0 Å². The molecule has 0 radical (unpaired) electrons. The molecule has 0 unspecified atom stereocenters. The second kappa shape index (κ2) is 11.9. The van der Waals surface area contributed by atoms with E-state index in [1.807, 2.05) is 91.0 Å². The van der Waals surface area contributed by atoms with E-state index in [-0.39, 0.29) is 18.1 Å². The van der Waals surface area contributed by atoms with Crippen LogP contribution >= 0.6 is 27.7 Å². The quantitative estimate of drug-likeness (QED) is 0.250. The number of rotatable bonds is 6. The number of halogens is 1. The number of nitrogens with zero attached hydrogens (tertiary/aromatic N) is 2. The summed E-state index contributed by atoms with van der Waals surface area (Å²) in [5, 5.41) is 0.704. The van der Waals surface area contributed by atoms with E-state index in [2.05, 4.69) is 25.8 Å². The maximum Gasteiger partial charge on any atom is 0.286 e. The van der Waals surface area contributed by atoms with Crippen LogP contribution in [0.25, 0.3) is 11.1 Å². The molecule has 0 saturated carbocycles. The topological polar surface area (TPSA) is 59.0 Å². The highest BCUT2D eigenvalue weighted by Gasteiger charge is 2.30. The summed E-state index contributed by atoms with van der Waals surface area (Å²) in [5.74, 6) is -0.242. The minimum Gasteiger partial charge on any atom is -0.378 e. The maximum atomic E-state index is 13.3. The van der Waals surface area contributed by atoms with Crippen LogP contribution in [0.2, 0.25) is 0 Å².